The summed E-state index contributed by atoms with van der Waals surface area (Å²) in [7, 11) is 0. The highest BCUT2D eigenvalue weighted by Gasteiger charge is 2.38. The monoisotopic (exact) mass is 479 g/mol. The highest BCUT2D eigenvalue weighted by molar-refractivity contribution is 5.82. The van der Waals surface area contributed by atoms with E-state index in [1.165, 1.54) is 33.7 Å². The summed E-state index contributed by atoms with van der Waals surface area (Å²) >= 11 is 0. The Balaban J connectivity index is 1.80. The smallest absolute Gasteiger partial charge is 0.344 e. The number of rotatable bonds is 5. The van der Waals surface area contributed by atoms with Crippen molar-refractivity contribution >= 4 is 22.6 Å². The molecule has 0 spiro atoms. The fourth-order valence-corrected chi connectivity index (χ4v) is 4.29. The first kappa shape index (κ1) is 23.3. The van der Waals surface area contributed by atoms with Gasteiger partial charge in [-0.1, -0.05) is 19.3 Å². The Morgan fingerprint density at radius 3 is 2.56 bits per heavy atom. The molecule has 13 heteroatoms. The SMILES string of the molecule is O=C(NCc1ccn(-c2cc3c(cc2[N+](=O)[O-])[nH]c(=O)c(=O)n3C2CCCCC2)c1)C(F)(F)F. The number of amides is 1. The van der Waals surface area contributed by atoms with Crippen LogP contribution in [0.3, 0.4) is 0 Å². The predicted octanol–water partition coefficient (Wildman–Crippen LogP) is 3.07. The maximum atomic E-state index is 12.7. The van der Waals surface area contributed by atoms with Crippen LogP contribution in [-0.2, 0) is 11.3 Å². The highest BCUT2D eigenvalue weighted by Crippen LogP contribution is 2.32. The van der Waals surface area contributed by atoms with Gasteiger partial charge in [-0.05, 0) is 30.5 Å². The van der Waals surface area contributed by atoms with Crippen molar-refractivity contribution in [2.75, 3.05) is 0 Å². The number of nitrogens with one attached hydrogen (secondary N) is 2. The first-order valence-electron chi connectivity index (χ1n) is 10.6. The van der Waals surface area contributed by atoms with Crippen LogP contribution in [0.5, 0.6) is 0 Å². The van der Waals surface area contributed by atoms with Crippen LogP contribution in [0.15, 0.2) is 40.2 Å². The van der Waals surface area contributed by atoms with E-state index in [1.54, 1.807) is 5.32 Å². The van der Waals surface area contributed by atoms with E-state index >= 15 is 0 Å². The van der Waals surface area contributed by atoms with Crippen molar-refractivity contribution in [3.8, 4) is 5.69 Å². The molecule has 34 heavy (non-hydrogen) atoms. The third-order valence-electron chi connectivity index (χ3n) is 5.89. The largest absolute Gasteiger partial charge is 0.471 e. The van der Waals surface area contributed by atoms with Gasteiger partial charge in [0.25, 0.3) is 5.69 Å². The van der Waals surface area contributed by atoms with Crippen LogP contribution in [0.25, 0.3) is 16.7 Å². The molecule has 10 nitrogen and oxygen atoms in total. The molecule has 1 fully saturated rings. The molecule has 1 amide bonds. The molecule has 3 aromatic rings. The van der Waals surface area contributed by atoms with Gasteiger partial charge in [-0.3, -0.25) is 29.1 Å². The number of fused-ring (bicyclic) bond motifs is 1. The third-order valence-corrected chi connectivity index (χ3v) is 5.89. The lowest BCUT2D eigenvalue weighted by Gasteiger charge is -2.25. The quantitative estimate of drug-likeness (QED) is 0.330. The maximum absolute atomic E-state index is 12.7. The molecule has 0 radical (unpaired) electrons. The molecule has 2 N–H and O–H groups in total. The van der Waals surface area contributed by atoms with Gasteiger partial charge >= 0.3 is 23.2 Å². The molecule has 1 aliphatic rings. The molecule has 0 unspecified atom stereocenters. The van der Waals surface area contributed by atoms with Crippen molar-refractivity contribution in [3.05, 3.63) is 67.0 Å². The molecular weight excluding hydrogens is 459 g/mol. The lowest BCUT2D eigenvalue weighted by molar-refractivity contribution is -0.384. The zero-order chi connectivity index (χ0) is 24.6. The van der Waals surface area contributed by atoms with Crippen molar-refractivity contribution < 1.29 is 22.9 Å². The van der Waals surface area contributed by atoms with Crippen molar-refractivity contribution in [1.82, 2.24) is 19.4 Å². The average molecular weight is 479 g/mol. The molecule has 0 saturated heterocycles. The zero-order valence-electron chi connectivity index (χ0n) is 17.7. The number of hydrogen-bond acceptors (Lipinski definition) is 5. The Morgan fingerprint density at radius 1 is 1.21 bits per heavy atom. The summed E-state index contributed by atoms with van der Waals surface area (Å²) in [5, 5.41) is 13.5. The lowest BCUT2D eigenvalue weighted by Crippen LogP contribution is -2.39. The molecule has 0 aliphatic heterocycles. The van der Waals surface area contributed by atoms with E-state index in [9.17, 15) is 37.7 Å². The summed E-state index contributed by atoms with van der Waals surface area (Å²) in [4.78, 5) is 49.5. The van der Waals surface area contributed by atoms with E-state index in [1.807, 2.05) is 0 Å². The van der Waals surface area contributed by atoms with Crippen LogP contribution in [0.4, 0.5) is 18.9 Å². The van der Waals surface area contributed by atoms with E-state index in [0.717, 1.165) is 25.3 Å². The van der Waals surface area contributed by atoms with Crippen molar-refractivity contribution in [2.45, 2.75) is 50.9 Å². The Morgan fingerprint density at radius 2 is 1.91 bits per heavy atom. The van der Waals surface area contributed by atoms with Gasteiger partial charge in [0.1, 0.15) is 5.69 Å². The summed E-state index contributed by atoms with van der Waals surface area (Å²) in [5.74, 6) is -2.10. The average Bonchev–Trinajstić information content (AvgIpc) is 3.26. The van der Waals surface area contributed by atoms with E-state index in [2.05, 4.69) is 4.98 Å². The van der Waals surface area contributed by atoms with Crippen LogP contribution < -0.4 is 16.4 Å². The van der Waals surface area contributed by atoms with Crippen molar-refractivity contribution in [2.24, 2.45) is 0 Å². The number of hydrogen-bond donors (Lipinski definition) is 2. The number of aromatic amines is 1. The Hall–Kier alpha value is -3.90. The number of aromatic nitrogens is 3. The van der Waals surface area contributed by atoms with Crippen LogP contribution in [-0.4, -0.2) is 31.1 Å². The fourth-order valence-electron chi connectivity index (χ4n) is 4.29. The number of halogens is 3. The fraction of sp³-hybridized carbons (Fsp3) is 0.381. The van der Waals surface area contributed by atoms with Crippen molar-refractivity contribution in [1.29, 1.82) is 0 Å². The van der Waals surface area contributed by atoms with E-state index in [4.69, 9.17) is 0 Å². The number of carbonyl (C=O) groups is 1. The number of nitrogens with zero attached hydrogens (tertiary/aromatic N) is 3. The maximum Gasteiger partial charge on any atom is 0.471 e. The van der Waals surface area contributed by atoms with Gasteiger partial charge in [0.2, 0.25) is 0 Å². The third kappa shape index (κ3) is 4.45. The topological polar surface area (TPSA) is 132 Å². The molecule has 1 saturated carbocycles. The number of benzene rings is 1. The van der Waals surface area contributed by atoms with Crippen LogP contribution in [0.1, 0.15) is 43.7 Å². The minimum Gasteiger partial charge on any atom is -0.344 e. The summed E-state index contributed by atoms with van der Waals surface area (Å²) < 4.78 is 40.0. The van der Waals surface area contributed by atoms with Gasteiger partial charge in [0.05, 0.1) is 16.0 Å². The number of carbonyl (C=O) groups excluding carboxylic acids is 1. The first-order chi connectivity index (χ1) is 16.1. The second kappa shape index (κ2) is 8.80. The number of nitro benzene ring substituents is 1. The predicted molar refractivity (Wildman–Crippen MR) is 115 cm³/mol. The van der Waals surface area contributed by atoms with Crippen molar-refractivity contribution in [3.63, 3.8) is 0 Å². The molecule has 0 bridgehead atoms. The summed E-state index contributed by atoms with van der Waals surface area (Å²) in [6, 6.07) is 3.76. The minimum absolute atomic E-state index is 0.0573. The first-order valence-corrected chi connectivity index (χ1v) is 10.6. The summed E-state index contributed by atoms with van der Waals surface area (Å²) in [6.45, 7) is -0.438. The molecule has 2 heterocycles. The molecule has 4 rings (SSSR count). The Bertz CT molecular complexity index is 1380. The Kier molecular flexibility index (Phi) is 6.02. The summed E-state index contributed by atoms with van der Waals surface area (Å²) in [5.41, 5.74) is -1.21. The van der Waals surface area contributed by atoms with Gasteiger partial charge in [0.15, 0.2) is 0 Å². The van der Waals surface area contributed by atoms with Gasteiger partial charge in [-0.2, -0.15) is 13.2 Å². The standard InChI is InChI=1S/C21H20F3N5O5/c22-21(23,24)20(32)25-10-12-6-7-27(11-12)16-9-15-14(8-17(16)29(33)34)26-18(30)19(31)28(15)13-4-2-1-3-5-13/h6-9,11,13H,1-5,10H2,(H,25,32)(H,26,30). The number of alkyl halides is 3. The van der Waals surface area contributed by atoms with Crippen LogP contribution in [0, 0.1) is 10.1 Å². The summed E-state index contributed by atoms with van der Waals surface area (Å²) in [6.07, 6.45) is 1.89. The van der Waals surface area contributed by atoms with Crippen LogP contribution in [0.2, 0.25) is 0 Å². The number of nitro groups is 1. The second-order valence-electron chi connectivity index (χ2n) is 8.14. The second-order valence-corrected chi connectivity index (χ2v) is 8.14. The molecule has 180 valence electrons. The van der Waals surface area contributed by atoms with E-state index < -0.39 is 34.7 Å². The lowest BCUT2D eigenvalue weighted by atomic mass is 9.95. The molecule has 0 atom stereocenters. The van der Waals surface area contributed by atoms with E-state index in [-0.39, 0.29) is 28.5 Å². The van der Waals surface area contributed by atoms with Gasteiger partial charge < -0.3 is 14.9 Å². The molecule has 1 aliphatic carbocycles. The Labute approximate surface area is 189 Å². The van der Waals surface area contributed by atoms with Gasteiger partial charge in [-0.15, -0.1) is 0 Å². The minimum atomic E-state index is -5.03. The number of H-pyrrole nitrogens is 1. The van der Waals surface area contributed by atoms with Gasteiger partial charge in [0, 0.05) is 31.0 Å². The van der Waals surface area contributed by atoms with Crippen LogP contribution >= 0.6 is 0 Å². The normalized spacial score (nSPS) is 14.9. The van der Waals surface area contributed by atoms with E-state index in [0.29, 0.717) is 18.4 Å². The zero-order valence-corrected chi connectivity index (χ0v) is 17.7. The van der Waals surface area contributed by atoms with Gasteiger partial charge in [-0.25, -0.2) is 0 Å². The highest BCUT2D eigenvalue weighted by atomic mass is 19.4. The molecular formula is C21H20F3N5O5. The molecule has 1 aromatic carbocycles. The molecule has 2 aromatic heterocycles.